The maximum Gasteiger partial charge on any atom is 0.217 e. The second-order valence-electron chi connectivity index (χ2n) is 5.31. The Kier molecular flexibility index (Phi) is 2.99. The van der Waals surface area contributed by atoms with Gasteiger partial charge in [-0.05, 0) is 30.6 Å². The second-order valence-corrected chi connectivity index (χ2v) is 5.31. The van der Waals surface area contributed by atoms with E-state index in [1.165, 1.54) is 6.42 Å². The Morgan fingerprint density at radius 3 is 2.46 bits per heavy atom. The molecule has 0 aromatic heterocycles. The van der Waals surface area contributed by atoms with Gasteiger partial charge < -0.3 is 5.32 Å². The molecule has 1 fully saturated rings. The van der Waals surface area contributed by atoms with Crippen LogP contribution < -0.4 is 5.32 Å². The highest BCUT2D eigenvalue weighted by Gasteiger charge is 2.32. The van der Waals surface area contributed by atoms with Crippen LogP contribution in [0.4, 0.5) is 0 Å². The summed E-state index contributed by atoms with van der Waals surface area (Å²) in [5.41, 5.74) is 0.394. The first-order chi connectivity index (χ1) is 5.89. The van der Waals surface area contributed by atoms with Crippen LogP contribution in [0.1, 0.15) is 47.0 Å². The number of amides is 1. The Labute approximate surface area is 81.1 Å². The molecule has 0 spiro atoms. The van der Waals surface area contributed by atoms with Crippen LogP contribution in [0.25, 0.3) is 0 Å². The van der Waals surface area contributed by atoms with Crippen LogP contribution in [0.15, 0.2) is 0 Å². The van der Waals surface area contributed by atoms with Crippen molar-refractivity contribution in [1.82, 2.24) is 5.32 Å². The minimum absolute atomic E-state index is 0.106. The molecule has 0 radical (unpaired) electrons. The lowest BCUT2D eigenvalue weighted by Gasteiger charge is -2.39. The molecule has 1 rings (SSSR count). The molecule has 1 saturated carbocycles. The van der Waals surface area contributed by atoms with Gasteiger partial charge in [0.2, 0.25) is 5.91 Å². The van der Waals surface area contributed by atoms with Crippen molar-refractivity contribution in [1.29, 1.82) is 0 Å². The molecule has 1 aliphatic carbocycles. The summed E-state index contributed by atoms with van der Waals surface area (Å²) < 4.78 is 0. The second kappa shape index (κ2) is 3.69. The van der Waals surface area contributed by atoms with Crippen LogP contribution in [0.5, 0.6) is 0 Å². The van der Waals surface area contributed by atoms with Gasteiger partial charge in [-0.2, -0.15) is 0 Å². The van der Waals surface area contributed by atoms with Gasteiger partial charge in [-0.3, -0.25) is 4.79 Å². The van der Waals surface area contributed by atoms with Crippen LogP contribution in [0.2, 0.25) is 0 Å². The highest BCUT2D eigenvalue weighted by atomic mass is 16.1. The molecule has 0 aromatic carbocycles. The van der Waals surface area contributed by atoms with Gasteiger partial charge in [0.05, 0.1) is 0 Å². The average Bonchev–Trinajstić information content (AvgIpc) is 1.78. The molecule has 1 amide bonds. The van der Waals surface area contributed by atoms with E-state index < -0.39 is 0 Å². The first-order valence-corrected chi connectivity index (χ1v) is 5.16. The lowest BCUT2D eigenvalue weighted by Crippen LogP contribution is -2.42. The molecule has 0 heterocycles. The van der Waals surface area contributed by atoms with Crippen LogP contribution in [-0.2, 0) is 4.79 Å². The third-order valence-corrected chi connectivity index (χ3v) is 2.79. The largest absolute Gasteiger partial charge is 0.354 e. The molecule has 2 nitrogen and oxygen atoms in total. The number of carbonyl (C=O) groups excluding carboxylic acids is 1. The first-order valence-electron chi connectivity index (χ1n) is 5.16. The standard InChI is InChI=1S/C11H21NO/c1-8-5-10(12-9(2)13)7-11(3,4)6-8/h8,10H,5-7H2,1-4H3,(H,12,13)/t8-,10-/m0/s1. The number of hydrogen-bond acceptors (Lipinski definition) is 1. The number of carbonyl (C=O) groups is 1. The zero-order chi connectivity index (χ0) is 10.1. The van der Waals surface area contributed by atoms with Crippen molar-refractivity contribution in [2.75, 3.05) is 0 Å². The van der Waals surface area contributed by atoms with Crippen molar-refractivity contribution in [3.63, 3.8) is 0 Å². The molecule has 76 valence electrons. The molecular weight excluding hydrogens is 162 g/mol. The third-order valence-electron chi connectivity index (χ3n) is 2.79. The predicted octanol–water partition coefficient (Wildman–Crippen LogP) is 2.34. The molecule has 1 aliphatic rings. The predicted molar refractivity (Wildman–Crippen MR) is 54.4 cm³/mol. The summed E-state index contributed by atoms with van der Waals surface area (Å²) in [6.07, 6.45) is 3.54. The summed E-state index contributed by atoms with van der Waals surface area (Å²) in [6, 6.07) is 0.399. The first kappa shape index (κ1) is 10.6. The van der Waals surface area contributed by atoms with Crippen LogP contribution in [-0.4, -0.2) is 11.9 Å². The van der Waals surface area contributed by atoms with Crippen molar-refractivity contribution in [3.8, 4) is 0 Å². The minimum Gasteiger partial charge on any atom is -0.354 e. The van der Waals surface area contributed by atoms with Crippen molar-refractivity contribution < 1.29 is 4.79 Å². The van der Waals surface area contributed by atoms with Crippen LogP contribution in [0, 0.1) is 11.3 Å². The third kappa shape index (κ3) is 3.37. The summed E-state index contributed by atoms with van der Waals surface area (Å²) in [4.78, 5) is 10.9. The molecule has 1 N–H and O–H groups in total. The fourth-order valence-electron chi connectivity index (χ4n) is 2.74. The Bertz CT molecular complexity index is 198. The summed E-state index contributed by atoms with van der Waals surface area (Å²) in [5, 5.41) is 3.03. The van der Waals surface area contributed by atoms with Crippen molar-refractivity contribution >= 4 is 5.91 Å². The van der Waals surface area contributed by atoms with Gasteiger partial charge in [0, 0.05) is 13.0 Å². The normalized spacial score (nSPS) is 32.6. The zero-order valence-electron chi connectivity index (χ0n) is 9.18. The quantitative estimate of drug-likeness (QED) is 0.664. The minimum atomic E-state index is 0.106. The molecule has 0 aliphatic heterocycles. The van der Waals surface area contributed by atoms with E-state index in [1.54, 1.807) is 6.92 Å². The molecule has 2 heteroatoms. The Morgan fingerprint density at radius 1 is 1.38 bits per heavy atom. The summed E-state index contributed by atoms with van der Waals surface area (Å²) in [5.74, 6) is 0.843. The Morgan fingerprint density at radius 2 is 2.00 bits per heavy atom. The lowest BCUT2D eigenvalue weighted by atomic mass is 9.70. The summed E-state index contributed by atoms with van der Waals surface area (Å²) in [6.45, 7) is 8.46. The van der Waals surface area contributed by atoms with Crippen LogP contribution in [0.3, 0.4) is 0 Å². The monoisotopic (exact) mass is 183 g/mol. The maximum atomic E-state index is 10.9. The fourth-order valence-corrected chi connectivity index (χ4v) is 2.74. The van der Waals surface area contributed by atoms with E-state index in [4.69, 9.17) is 0 Å². The highest BCUT2D eigenvalue weighted by molar-refractivity contribution is 5.73. The van der Waals surface area contributed by atoms with Crippen molar-refractivity contribution in [2.45, 2.75) is 53.0 Å². The van der Waals surface area contributed by atoms with E-state index in [-0.39, 0.29) is 5.91 Å². The molecule has 2 atom stereocenters. The smallest absolute Gasteiger partial charge is 0.217 e. The average molecular weight is 183 g/mol. The van der Waals surface area contributed by atoms with E-state index in [9.17, 15) is 4.79 Å². The Balaban J connectivity index is 2.52. The number of hydrogen-bond donors (Lipinski definition) is 1. The summed E-state index contributed by atoms with van der Waals surface area (Å²) >= 11 is 0. The van der Waals surface area contributed by atoms with E-state index in [2.05, 4.69) is 26.1 Å². The fraction of sp³-hybridized carbons (Fsp3) is 0.909. The van der Waals surface area contributed by atoms with Gasteiger partial charge in [0.15, 0.2) is 0 Å². The van der Waals surface area contributed by atoms with Crippen LogP contribution >= 0.6 is 0 Å². The molecule has 0 bridgehead atoms. The zero-order valence-corrected chi connectivity index (χ0v) is 9.18. The van der Waals surface area contributed by atoms with E-state index in [0.717, 1.165) is 18.8 Å². The van der Waals surface area contributed by atoms with Gasteiger partial charge in [-0.15, -0.1) is 0 Å². The van der Waals surface area contributed by atoms with Gasteiger partial charge in [0.1, 0.15) is 0 Å². The summed E-state index contributed by atoms with van der Waals surface area (Å²) in [7, 11) is 0. The number of nitrogens with one attached hydrogen (secondary N) is 1. The molecule has 13 heavy (non-hydrogen) atoms. The molecule has 0 saturated heterocycles. The SMILES string of the molecule is CC(=O)N[C@H]1C[C@H](C)CC(C)(C)C1. The molecular formula is C11H21NO. The molecule has 0 unspecified atom stereocenters. The van der Waals surface area contributed by atoms with Gasteiger partial charge in [0.25, 0.3) is 0 Å². The van der Waals surface area contributed by atoms with Gasteiger partial charge in [-0.1, -0.05) is 20.8 Å². The Hall–Kier alpha value is -0.530. The van der Waals surface area contributed by atoms with Gasteiger partial charge in [-0.25, -0.2) is 0 Å². The van der Waals surface area contributed by atoms with E-state index in [1.807, 2.05) is 0 Å². The molecule has 0 aromatic rings. The lowest BCUT2D eigenvalue weighted by molar-refractivity contribution is -0.120. The maximum absolute atomic E-state index is 10.9. The highest BCUT2D eigenvalue weighted by Crippen LogP contribution is 2.38. The topological polar surface area (TPSA) is 29.1 Å². The van der Waals surface area contributed by atoms with E-state index >= 15 is 0 Å². The van der Waals surface area contributed by atoms with Crippen molar-refractivity contribution in [3.05, 3.63) is 0 Å². The van der Waals surface area contributed by atoms with Crippen molar-refractivity contribution in [2.24, 2.45) is 11.3 Å². The number of rotatable bonds is 1. The van der Waals surface area contributed by atoms with Gasteiger partial charge >= 0.3 is 0 Å². The van der Waals surface area contributed by atoms with E-state index in [0.29, 0.717) is 11.5 Å².